The molecule has 0 bridgehead atoms. The zero-order valence-electron chi connectivity index (χ0n) is 10.5. The summed E-state index contributed by atoms with van der Waals surface area (Å²) >= 11 is 0. The minimum Gasteiger partial charge on any atom is -0.380 e. The van der Waals surface area contributed by atoms with Gasteiger partial charge in [0.1, 0.15) is 11.5 Å². The van der Waals surface area contributed by atoms with Crippen LogP contribution in [0.15, 0.2) is 48.9 Å². The van der Waals surface area contributed by atoms with Crippen molar-refractivity contribution in [2.24, 2.45) is 0 Å². The molecule has 0 saturated carbocycles. The van der Waals surface area contributed by atoms with Gasteiger partial charge in [-0.1, -0.05) is 12.1 Å². The lowest BCUT2D eigenvalue weighted by atomic mass is 10.0. The van der Waals surface area contributed by atoms with Crippen LogP contribution >= 0.6 is 0 Å². The Morgan fingerprint density at radius 2 is 2.16 bits per heavy atom. The highest BCUT2D eigenvalue weighted by Crippen LogP contribution is 2.26. The third-order valence-electron chi connectivity index (χ3n) is 3.11. The molecule has 0 unspecified atom stereocenters. The standard InChI is InChI=1S/C15H13FN2O/c1-19-10-13-12(3-2-4-14(13)16)11-5-6-15-17-7-8-18(15)9-11/h2-9H,10H2,1H3. The predicted octanol–water partition coefficient (Wildman–Crippen LogP) is 3.29. The van der Waals surface area contributed by atoms with Crippen molar-refractivity contribution in [1.29, 1.82) is 0 Å². The first-order chi connectivity index (χ1) is 9.29. The van der Waals surface area contributed by atoms with Crippen molar-refractivity contribution in [1.82, 2.24) is 9.38 Å². The Bertz CT molecular complexity index is 721. The second kappa shape index (κ2) is 4.82. The Balaban J connectivity index is 2.17. The summed E-state index contributed by atoms with van der Waals surface area (Å²) in [6.45, 7) is 0.254. The van der Waals surface area contributed by atoms with E-state index in [0.29, 0.717) is 5.56 Å². The lowest BCUT2D eigenvalue weighted by Gasteiger charge is -2.10. The smallest absolute Gasteiger partial charge is 0.136 e. The van der Waals surface area contributed by atoms with E-state index >= 15 is 0 Å². The summed E-state index contributed by atoms with van der Waals surface area (Å²) in [5.41, 5.74) is 3.23. The highest BCUT2D eigenvalue weighted by Gasteiger charge is 2.10. The van der Waals surface area contributed by atoms with Gasteiger partial charge in [0.05, 0.1) is 6.61 Å². The first-order valence-electron chi connectivity index (χ1n) is 5.99. The van der Waals surface area contributed by atoms with Crippen LogP contribution in [0.1, 0.15) is 5.56 Å². The molecule has 0 aliphatic heterocycles. The summed E-state index contributed by atoms with van der Waals surface area (Å²) in [4.78, 5) is 4.19. The fourth-order valence-electron chi connectivity index (χ4n) is 2.20. The Hall–Kier alpha value is -2.20. The number of aromatic nitrogens is 2. The number of methoxy groups -OCH3 is 1. The molecule has 0 N–H and O–H groups in total. The van der Waals surface area contributed by atoms with Crippen molar-refractivity contribution in [3.05, 3.63) is 60.3 Å². The van der Waals surface area contributed by atoms with E-state index in [0.717, 1.165) is 16.8 Å². The maximum absolute atomic E-state index is 13.9. The van der Waals surface area contributed by atoms with Crippen LogP contribution in [0, 0.1) is 5.82 Å². The van der Waals surface area contributed by atoms with Crippen molar-refractivity contribution < 1.29 is 9.13 Å². The van der Waals surface area contributed by atoms with Gasteiger partial charge in [-0.2, -0.15) is 0 Å². The van der Waals surface area contributed by atoms with E-state index in [-0.39, 0.29) is 12.4 Å². The summed E-state index contributed by atoms with van der Waals surface area (Å²) in [5.74, 6) is -0.245. The molecule has 96 valence electrons. The quantitative estimate of drug-likeness (QED) is 0.719. The molecule has 0 atom stereocenters. The average molecular weight is 256 g/mol. The van der Waals surface area contributed by atoms with Crippen LogP contribution in [-0.4, -0.2) is 16.5 Å². The molecule has 2 aromatic heterocycles. The number of hydrogen-bond donors (Lipinski definition) is 0. The molecule has 1 aromatic carbocycles. The van der Waals surface area contributed by atoms with E-state index in [1.165, 1.54) is 6.07 Å². The summed E-state index contributed by atoms with van der Waals surface area (Å²) in [5, 5.41) is 0. The molecular weight excluding hydrogens is 243 g/mol. The topological polar surface area (TPSA) is 26.5 Å². The van der Waals surface area contributed by atoms with E-state index in [9.17, 15) is 4.39 Å². The number of halogens is 1. The number of pyridine rings is 1. The number of hydrogen-bond acceptors (Lipinski definition) is 2. The van der Waals surface area contributed by atoms with Crippen molar-refractivity contribution in [2.75, 3.05) is 7.11 Å². The molecule has 0 fully saturated rings. The van der Waals surface area contributed by atoms with Crippen molar-refractivity contribution >= 4 is 5.65 Å². The van der Waals surface area contributed by atoms with Gasteiger partial charge in [-0.25, -0.2) is 9.37 Å². The van der Waals surface area contributed by atoms with E-state index in [1.807, 2.05) is 35.0 Å². The van der Waals surface area contributed by atoms with Gasteiger partial charge in [-0.15, -0.1) is 0 Å². The maximum atomic E-state index is 13.9. The monoisotopic (exact) mass is 256 g/mol. The molecule has 19 heavy (non-hydrogen) atoms. The second-order valence-electron chi connectivity index (χ2n) is 4.31. The first-order valence-corrected chi connectivity index (χ1v) is 5.99. The maximum Gasteiger partial charge on any atom is 0.136 e. The van der Waals surface area contributed by atoms with Crippen LogP contribution in [0.25, 0.3) is 16.8 Å². The van der Waals surface area contributed by atoms with Crippen LogP contribution in [0.5, 0.6) is 0 Å². The van der Waals surface area contributed by atoms with Crippen molar-refractivity contribution in [2.45, 2.75) is 6.61 Å². The molecule has 0 amide bonds. The molecule has 0 saturated heterocycles. The Kier molecular flexibility index (Phi) is 3.01. The normalized spacial score (nSPS) is 11.1. The first kappa shape index (κ1) is 11.9. The molecule has 2 heterocycles. The number of benzene rings is 1. The highest BCUT2D eigenvalue weighted by atomic mass is 19.1. The van der Waals surface area contributed by atoms with Crippen molar-refractivity contribution in [3.8, 4) is 11.1 Å². The van der Waals surface area contributed by atoms with Crippen molar-refractivity contribution in [3.63, 3.8) is 0 Å². The molecular formula is C15H13FN2O. The summed E-state index contributed by atoms with van der Waals surface area (Å²) in [7, 11) is 1.56. The van der Waals surface area contributed by atoms with Crippen LogP contribution in [0.4, 0.5) is 4.39 Å². The average Bonchev–Trinajstić information content (AvgIpc) is 2.88. The van der Waals surface area contributed by atoms with Crippen LogP contribution in [0.2, 0.25) is 0 Å². The molecule has 3 rings (SSSR count). The van der Waals surface area contributed by atoms with Gasteiger partial charge in [0, 0.05) is 31.3 Å². The third-order valence-corrected chi connectivity index (χ3v) is 3.11. The molecule has 3 nitrogen and oxygen atoms in total. The SMILES string of the molecule is COCc1c(F)cccc1-c1ccc2nccn2c1. The Labute approximate surface area is 110 Å². The molecule has 0 aliphatic rings. The highest BCUT2D eigenvalue weighted by molar-refractivity contribution is 5.68. The van der Waals surface area contributed by atoms with E-state index in [1.54, 1.807) is 19.4 Å². The summed E-state index contributed by atoms with van der Waals surface area (Å²) in [6.07, 6.45) is 5.55. The Morgan fingerprint density at radius 3 is 3.00 bits per heavy atom. The van der Waals surface area contributed by atoms with Crippen LogP contribution in [-0.2, 0) is 11.3 Å². The lowest BCUT2D eigenvalue weighted by molar-refractivity contribution is 0.182. The molecule has 0 aliphatic carbocycles. The fourth-order valence-corrected chi connectivity index (χ4v) is 2.20. The van der Waals surface area contributed by atoms with Gasteiger partial charge in [-0.3, -0.25) is 0 Å². The van der Waals surface area contributed by atoms with Gasteiger partial charge >= 0.3 is 0 Å². The van der Waals surface area contributed by atoms with Gasteiger partial charge in [0.25, 0.3) is 0 Å². The lowest BCUT2D eigenvalue weighted by Crippen LogP contribution is -1.97. The predicted molar refractivity (Wildman–Crippen MR) is 71.3 cm³/mol. The van der Waals surface area contributed by atoms with Gasteiger partial charge in [-0.05, 0) is 29.3 Å². The molecule has 4 heteroatoms. The minimum atomic E-state index is -0.245. The van der Waals surface area contributed by atoms with E-state index in [2.05, 4.69) is 4.98 Å². The van der Waals surface area contributed by atoms with Crippen LogP contribution < -0.4 is 0 Å². The number of rotatable bonds is 3. The number of fused-ring (bicyclic) bond motifs is 1. The fraction of sp³-hybridized carbons (Fsp3) is 0.133. The number of ether oxygens (including phenoxy) is 1. The van der Waals surface area contributed by atoms with E-state index in [4.69, 9.17) is 4.74 Å². The molecule has 0 spiro atoms. The van der Waals surface area contributed by atoms with Gasteiger partial charge in [0.15, 0.2) is 0 Å². The van der Waals surface area contributed by atoms with E-state index < -0.39 is 0 Å². The van der Waals surface area contributed by atoms with Gasteiger partial charge < -0.3 is 9.14 Å². The zero-order valence-corrected chi connectivity index (χ0v) is 10.5. The minimum absolute atomic E-state index is 0.245. The largest absolute Gasteiger partial charge is 0.380 e. The van der Waals surface area contributed by atoms with Crippen LogP contribution in [0.3, 0.4) is 0 Å². The zero-order chi connectivity index (χ0) is 13.2. The number of nitrogens with zero attached hydrogens (tertiary/aromatic N) is 2. The van der Waals surface area contributed by atoms with Gasteiger partial charge in [0.2, 0.25) is 0 Å². The Morgan fingerprint density at radius 1 is 1.26 bits per heavy atom. The second-order valence-corrected chi connectivity index (χ2v) is 4.31. The number of imidazole rings is 1. The summed E-state index contributed by atoms with van der Waals surface area (Å²) < 4.78 is 20.9. The summed E-state index contributed by atoms with van der Waals surface area (Å²) in [6, 6.07) is 8.91. The third kappa shape index (κ3) is 2.11. The molecule has 0 radical (unpaired) electrons. The molecule has 3 aromatic rings.